The number of piperidine rings is 1. The van der Waals surface area contributed by atoms with E-state index in [4.69, 9.17) is 11.6 Å². The standard InChI is InChI=1S/C16H18ClN5O2/c1-21-16(24)12(9-13(17)20-21)19-14-6-5-11(10-18-14)15(23)22-7-3-2-4-8-22/h5-6,9-10H,2-4,7-8H2,1H3,(H,18,19). The first-order valence-electron chi connectivity index (χ1n) is 7.81. The van der Waals surface area contributed by atoms with Gasteiger partial charge in [0.1, 0.15) is 11.5 Å². The van der Waals surface area contributed by atoms with Crippen LogP contribution < -0.4 is 10.9 Å². The number of amides is 1. The summed E-state index contributed by atoms with van der Waals surface area (Å²) < 4.78 is 1.15. The molecule has 7 nitrogen and oxygen atoms in total. The molecular weight excluding hydrogens is 330 g/mol. The average molecular weight is 348 g/mol. The molecule has 0 atom stereocenters. The molecule has 2 aromatic rings. The summed E-state index contributed by atoms with van der Waals surface area (Å²) in [5, 5.41) is 6.93. The van der Waals surface area contributed by atoms with Crippen LogP contribution in [0.4, 0.5) is 11.5 Å². The van der Waals surface area contributed by atoms with Crippen LogP contribution in [0.25, 0.3) is 0 Å². The number of halogens is 1. The summed E-state index contributed by atoms with van der Waals surface area (Å²) in [5.41, 5.74) is 0.512. The normalized spacial score (nSPS) is 14.5. The average Bonchev–Trinajstić information content (AvgIpc) is 2.60. The Bertz CT molecular complexity index is 797. The van der Waals surface area contributed by atoms with Gasteiger partial charge in [0.25, 0.3) is 11.5 Å². The summed E-state index contributed by atoms with van der Waals surface area (Å²) in [7, 11) is 1.52. The van der Waals surface area contributed by atoms with Crippen molar-refractivity contribution < 1.29 is 4.79 Å². The van der Waals surface area contributed by atoms with Crippen molar-refractivity contribution in [3.05, 3.63) is 45.5 Å². The molecule has 0 spiro atoms. The number of carbonyl (C=O) groups is 1. The van der Waals surface area contributed by atoms with Crippen LogP contribution in [0.3, 0.4) is 0 Å². The molecule has 126 valence electrons. The number of anilines is 2. The number of rotatable bonds is 3. The fourth-order valence-electron chi connectivity index (χ4n) is 2.67. The van der Waals surface area contributed by atoms with Crippen molar-refractivity contribution in [2.24, 2.45) is 7.05 Å². The second-order valence-corrected chi connectivity index (χ2v) is 6.11. The highest BCUT2D eigenvalue weighted by Crippen LogP contribution is 2.16. The summed E-state index contributed by atoms with van der Waals surface area (Å²) in [5.74, 6) is 0.459. The molecule has 3 heterocycles. The molecule has 1 aliphatic heterocycles. The van der Waals surface area contributed by atoms with Crippen molar-refractivity contribution in [1.82, 2.24) is 19.7 Å². The first-order chi connectivity index (χ1) is 11.5. The summed E-state index contributed by atoms with van der Waals surface area (Å²) in [6.45, 7) is 1.59. The number of nitrogens with one attached hydrogen (secondary N) is 1. The third kappa shape index (κ3) is 3.56. The van der Waals surface area contributed by atoms with Crippen LogP contribution in [0.15, 0.2) is 29.2 Å². The van der Waals surface area contributed by atoms with Crippen LogP contribution >= 0.6 is 11.6 Å². The maximum absolute atomic E-state index is 12.4. The fraction of sp³-hybridized carbons (Fsp3) is 0.375. The van der Waals surface area contributed by atoms with E-state index in [-0.39, 0.29) is 22.3 Å². The van der Waals surface area contributed by atoms with Gasteiger partial charge in [-0.2, -0.15) is 5.10 Å². The van der Waals surface area contributed by atoms with Crippen molar-refractivity contribution in [3.63, 3.8) is 0 Å². The zero-order chi connectivity index (χ0) is 17.1. The Morgan fingerprint density at radius 3 is 2.67 bits per heavy atom. The highest BCUT2D eigenvalue weighted by molar-refractivity contribution is 6.29. The van der Waals surface area contributed by atoms with Gasteiger partial charge in [-0.1, -0.05) is 11.6 Å². The van der Waals surface area contributed by atoms with Crippen molar-refractivity contribution >= 4 is 29.0 Å². The van der Waals surface area contributed by atoms with Crippen molar-refractivity contribution in [2.45, 2.75) is 19.3 Å². The van der Waals surface area contributed by atoms with Gasteiger partial charge >= 0.3 is 0 Å². The number of pyridine rings is 1. The second-order valence-electron chi connectivity index (χ2n) is 5.72. The maximum Gasteiger partial charge on any atom is 0.290 e. The first-order valence-corrected chi connectivity index (χ1v) is 8.18. The van der Waals surface area contributed by atoms with Gasteiger partial charge in [-0.15, -0.1) is 0 Å². The Balaban J connectivity index is 1.75. The third-order valence-electron chi connectivity index (χ3n) is 3.95. The van der Waals surface area contributed by atoms with Crippen molar-refractivity contribution in [1.29, 1.82) is 0 Å². The zero-order valence-electron chi connectivity index (χ0n) is 13.3. The Labute approximate surface area is 144 Å². The predicted molar refractivity (Wildman–Crippen MR) is 91.8 cm³/mol. The summed E-state index contributed by atoms with van der Waals surface area (Å²) in [4.78, 5) is 30.5. The van der Waals surface area contributed by atoms with Crippen LogP contribution in [0.5, 0.6) is 0 Å². The lowest BCUT2D eigenvalue weighted by Crippen LogP contribution is -2.35. The summed E-state index contributed by atoms with van der Waals surface area (Å²) >= 11 is 5.86. The summed E-state index contributed by atoms with van der Waals surface area (Å²) in [6.07, 6.45) is 4.79. The number of hydrogen-bond acceptors (Lipinski definition) is 5. The van der Waals surface area contributed by atoms with Crippen molar-refractivity contribution in [2.75, 3.05) is 18.4 Å². The van der Waals surface area contributed by atoms with Crippen LogP contribution in [0, 0.1) is 0 Å². The lowest BCUT2D eigenvalue weighted by atomic mass is 10.1. The number of likely N-dealkylation sites (tertiary alicyclic amines) is 1. The Morgan fingerprint density at radius 1 is 1.25 bits per heavy atom. The smallest absolute Gasteiger partial charge is 0.290 e. The van der Waals surface area contributed by atoms with Gasteiger partial charge in [-0.05, 0) is 31.4 Å². The molecule has 1 fully saturated rings. The molecule has 0 radical (unpaired) electrons. The second kappa shape index (κ2) is 7.00. The number of aromatic nitrogens is 3. The first kappa shape index (κ1) is 16.4. The molecule has 1 N–H and O–H groups in total. The molecule has 0 unspecified atom stereocenters. The maximum atomic E-state index is 12.4. The molecule has 0 bridgehead atoms. The van der Waals surface area contributed by atoms with Crippen LogP contribution in [-0.2, 0) is 7.05 Å². The van der Waals surface area contributed by atoms with Gasteiger partial charge < -0.3 is 10.2 Å². The molecule has 0 aliphatic carbocycles. The zero-order valence-corrected chi connectivity index (χ0v) is 14.1. The molecule has 3 rings (SSSR count). The largest absolute Gasteiger partial charge is 0.339 e. The molecule has 0 aromatic carbocycles. The van der Waals surface area contributed by atoms with E-state index in [2.05, 4.69) is 15.4 Å². The Hall–Kier alpha value is -2.41. The van der Waals surface area contributed by atoms with Crippen LogP contribution in [-0.4, -0.2) is 38.7 Å². The Morgan fingerprint density at radius 2 is 2.00 bits per heavy atom. The molecule has 1 amide bonds. The number of aryl methyl sites for hydroxylation is 1. The van der Waals surface area contributed by atoms with Gasteiger partial charge in [0.05, 0.1) is 5.56 Å². The number of carbonyl (C=O) groups excluding carboxylic acids is 1. The molecular formula is C16H18ClN5O2. The van der Waals surface area contributed by atoms with Gasteiger partial charge in [0.15, 0.2) is 5.15 Å². The molecule has 1 aliphatic rings. The number of nitrogens with zero attached hydrogens (tertiary/aromatic N) is 4. The topological polar surface area (TPSA) is 80.1 Å². The molecule has 8 heteroatoms. The van der Waals surface area contributed by atoms with E-state index < -0.39 is 0 Å². The van der Waals surface area contributed by atoms with E-state index in [0.717, 1.165) is 30.6 Å². The third-order valence-corrected chi connectivity index (χ3v) is 4.13. The Kier molecular flexibility index (Phi) is 4.80. The quantitative estimate of drug-likeness (QED) is 0.920. The van der Waals surface area contributed by atoms with Gasteiger partial charge in [-0.25, -0.2) is 9.67 Å². The lowest BCUT2D eigenvalue weighted by Gasteiger charge is -2.26. The predicted octanol–water partition coefficient (Wildman–Crippen LogP) is 2.20. The van der Waals surface area contributed by atoms with Gasteiger partial charge in [-0.3, -0.25) is 9.59 Å². The minimum Gasteiger partial charge on any atom is -0.339 e. The lowest BCUT2D eigenvalue weighted by molar-refractivity contribution is 0.0724. The van der Waals surface area contributed by atoms with E-state index in [0.29, 0.717) is 11.4 Å². The van der Waals surface area contributed by atoms with Crippen LogP contribution in [0.2, 0.25) is 5.15 Å². The van der Waals surface area contributed by atoms with E-state index >= 15 is 0 Å². The minimum absolute atomic E-state index is 0.00313. The van der Waals surface area contributed by atoms with Crippen molar-refractivity contribution in [3.8, 4) is 0 Å². The highest BCUT2D eigenvalue weighted by Gasteiger charge is 2.18. The molecule has 0 saturated carbocycles. The van der Waals surface area contributed by atoms with E-state index in [1.54, 1.807) is 12.1 Å². The fourth-order valence-corrected chi connectivity index (χ4v) is 2.90. The monoisotopic (exact) mass is 347 g/mol. The van der Waals surface area contributed by atoms with E-state index in [9.17, 15) is 9.59 Å². The van der Waals surface area contributed by atoms with E-state index in [1.807, 2.05) is 4.90 Å². The molecule has 2 aromatic heterocycles. The van der Waals surface area contributed by atoms with Crippen LogP contribution in [0.1, 0.15) is 29.6 Å². The van der Waals surface area contributed by atoms with Gasteiger partial charge in [0.2, 0.25) is 0 Å². The van der Waals surface area contributed by atoms with E-state index in [1.165, 1.54) is 25.7 Å². The number of hydrogen-bond donors (Lipinski definition) is 1. The summed E-state index contributed by atoms with van der Waals surface area (Å²) in [6, 6.07) is 4.82. The van der Waals surface area contributed by atoms with Gasteiger partial charge in [0, 0.05) is 32.4 Å². The molecule has 1 saturated heterocycles. The minimum atomic E-state index is -0.310. The highest BCUT2D eigenvalue weighted by atomic mass is 35.5. The SMILES string of the molecule is Cn1nc(Cl)cc(Nc2ccc(C(=O)N3CCCCC3)cn2)c1=O. The molecule has 24 heavy (non-hydrogen) atoms.